The predicted molar refractivity (Wildman–Crippen MR) is 71.0 cm³/mol. The van der Waals surface area contributed by atoms with Gasteiger partial charge in [-0.2, -0.15) is 0 Å². The fourth-order valence-electron chi connectivity index (χ4n) is 2.04. The molecule has 0 spiro atoms. The van der Waals surface area contributed by atoms with Crippen LogP contribution in [0.3, 0.4) is 0 Å². The van der Waals surface area contributed by atoms with E-state index in [1.54, 1.807) is 11.3 Å². The Morgan fingerprint density at radius 1 is 1.50 bits per heavy atom. The summed E-state index contributed by atoms with van der Waals surface area (Å²) < 4.78 is 0.224. The molecule has 1 aromatic heterocycles. The van der Waals surface area contributed by atoms with Crippen molar-refractivity contribution in [3.8, 4) is 0 Å². The minimum Gasteiger partial charge on any atom is -0.311 e. The lowest BCUT2D eigenvalue weighted by molar-refractivity contribution is 0.566. The average molecular weight is 257 g/mol. The monoisotopic (exact) mass is 257 g/mol. The molecule has 1 aromatic rings. The number of nitrogens with one attached hydrogen (secondary N) is 1. The molecule has 1 saturated heterocycles. The van der Waals surface area contributed by atoms with Crippen molar-refractivity contribution in [2.45, 2.75) is 43.9 Å². The molecule has 0 amide bonds. The number of rotatable bonds is 4. The van der Waals surface area contributed by atoms with E-state index in [0.29, 0.717) is 6.04 Å². The molecule has 0 aliphatic carbocycles. The summed E-state index contributed by atoms with van der Waals surface area (Å²) in [6, 6.07) is 0.362. The van der Waals surface area contributed by atoms with Crippen molar-refractivity contribution >= 4 is 23.1 Å². The zero-order valence-corrected chi connectivity index (χ0v) is 11.7. The van der Waals surface area contributed by atoms with Crippen LogP contribution in [-0.4, -0.2) is 23.0 Å². The van der Waals surface area contributed by atoms with E-state index >= 15 is 0 Å². The first kappa shape index (κ1) is 12.3. The summed E-state index contributed by atoms with van der Waals surface area (Å²) >= 11 is 3.81. The van der Waals surface area contributed by atoms with Gasteiger partial charge in [-0.25, -0.2) is 0 Å². The second kappa shape index (κ2) is 5.02. The van der Waals surface area contributed by atoms with Gasteiger partial charge in [0.2, 0.25) is 0 Å². The van der Waals surface area contributed by atoms with Gasteiger partial charge >= 0.3 is 0 Å². The molecule has 3 nitrogen and oxygen atoms in total. The molecule has 1 aliphatic rings. The van der Waals surface area contributed by atoms with Crippen molar-refractivity contribution in [1.82, 2.24) is 15.5 Å². The van der Waals surface area contributed by atoms with Crippen LogP contribution in [-0.2, 0) is 4.75 Å². The second-order valence-corrected chi connectivity index (χ2v) is 6.98. The van der Waals surface area contributed by atoms with Crippen LogP contribution in [0.15, 0.2) is 0 Å². The molecule has 5 heteroatoms. The summed E-state index contributed by atoms with van der Waals surface area (Å²) in [6.07, 6.45) is 3.61. The molecule has 1 N–H and O–H groups in total. The third-order valence-corrected chi connectivity index (χ3v) is 6.12. The lowest BCUT2D eigenvalue weighted by atomic mass is 10.1. The number of thioether (sulfide) groups is 1. The zero-order valence-electron chi connectivity index (χ0n) is 10.1. The molecule has 2 heterocycles. The first-order chi connectivity index (χ1) is 7.69. The maximum Gasteiger partial charge on any atom is 0.134 e. The van der Waals surface area contributed by atoms with Gasteiger partial charge in [0.05, 0.1) is 10.8 Å². The summed E-state index contributed by atoms with van der Waals surface area (Å²) in [5.41, 5.74) is 0. The Balaban J connectivity index is 2.18. The molecule has 2 atom stereocenters. The van der Waals surface area contributed by atoms with E-state index in [-0.39, 0.29) is 4.75 Å². The van der Waals surface area contributed by atoms with E-state index in [1.807, 2.05) is 18.8 Å². The molecular weight excluding hydrogens is 238 g/mol. The molecule has 1 fully saturated rings. The summed E-state index contributed by atoms with van der Waals surface area (Å²) in [7, 11) is 1.99. The molecule has 0 bridgehead atoms. The van der Waals surface area contributed by atoms with Crippen molar-refractivity contribution in [2.75, 3.05) is 12.8 Å². The highest BCUT2D eigenvalue weighted by Gasteiger charge is 2.35. The molecule has 1 aliphatic heterocycles. The Hall–Kier alpha value is -0.130. The SMILES string of the molecule is CCC(NC)c1nnc(C2(C)CCCS2)s1. The summed E-state index contributed by atoms with van der Waals surface area (Å²) in [4.78, 5) is 0. The third-order valence-electron chi connectivity index (χ3n) is 3.17. The predicted octanol–water partition coefficient (Wildman–Crippen LogP) is 2.95. The van der Waals surface area contributed by atoms with Crippen LogP contribution < -0.4 is 5.32 Å². The fraction of sp³-hybridized carbons (Fsp3) is 0.818. The van der Waals surface area contributed by atoms with Crippen LogP contribution >= 0.6 is 23.1 Å². The molecule has 2 rings (SSSR count). The fourth-order valence-corrected chi connectivity index (χ4v) is 4.64. The van der Waals surface area contributed by atoms with E-state index in [4.69, 9.17) is 0 Å². The maximum atomic E-state index is 4.39. The van der Waals surface area contributed by atoms with E-state index in [0.717, 1.165) is 11.4 Å². The average Bonchev–Trinajstić information content (AvgIpc) is 2.90. The Morgan fingerprint density at radius 2 is 2.31 bits per heavy atom. The van der Waals surface area contributed by atoms with Gasteiger partial charge in [0, 0.05) is 0 Å². The van der Waals surface area contributed by atoms with Crippen LogP contribution in [0.4, 0.5) is 0 Å². The minimum absolute atomic E-state index is 0.224. The standard InChI is InChI=1S/C11H19N3S2/c1-4-8(12-3)9-13-14-10(16-9)11(2)6-5-7-15-11/h8,12H,4-7H2,1-3H3. The summed E-state index contributed by atoms with van der Waals surface area (Å²) in [5, 5.41) is 14.4. The van der Waals surface area contributed by atoms with Gasteiger partial charge < -0.3 is 5.32 Å². The highest BCUT2D eigenvalue weighted by Crippen LogP contribution is 2.47. The normalized spacial score (nSPS) is 27.2. The van der Waals surface area contributed by atoms with Crippen LogP contribution in [0.1, 0.15) is 49.2 Å². The van der Waals surface area contributed by atoms with Gasteiger partial charge in [-0.3, -0.25) is 0 Å². The van der Waals surface area contributed by atoms with Gasteiger partial charge in [0.1, 0.15) is 10.0 Å². The Kier molecular flexibility index (Phi) is 3.87. The minimum atomic E-state index is 0.224. The van der Waals surface area contributed by atoms with E-state index < -0.39 is 0 Å². The van der Waals surface area contributed by atoms with Gasteiger partial charge in [-0.1, -0.05) is 18.3 Å². The number of aromatic nitrogens is 2. The highest BCUT2D eigenvalue weighted by atomic mass is 32.2. The molecule has 90 valence electrons. The van der Waals surface area contributed by atoms with Gasteiger partial charge in [-0.15, -0.1) is 22.0 Å². The van der Waals surface area contributed by atoms with Crippen LogP contribution in [0.2, 0.25) is 0 Å². The maximum absolute atomic E-state index is 4.39. The van der Waals surface area contributed by atoms with Crippen molar-refractivity contribution in [2.24, 2.45) is 0 Å². The second-order valence-electron chi connectivity index (χ2n) is 4.38. The first-order valence-electron chi connectivity index (χ1n) is 5.84. The highest BCUT2D eigenvalue weighted by molar-refractivity contribution is 8.00. The molecule has 0 saturated carbocycles. The number of hydrogen-bond donors (Lipinski definition) is 1. The van der Waals surface area contributed by atoms with E-state index in [2.05, 4.69) is 29.4 Å². The molecule has 16 heavy (non-hydrogen) atoms. The smallest absolute Gasteiger partial charge is 0.134 e. The largest absolute Gasteiger partial charge is 0.311 e. The van der Waals surface area contributed by atoms with Crippen molar-refractivity contribution < 1.29 is 0 Å². The molecule has 2 unspecified atom stereocenters. The van der Waals surface area contributed by atoms with Crippen molar-refractivity contribution in [1.29, 1.82) is 0 Å². The van der Waals surface area contributed by atoms with Crippen molar-refractivity contribution in [3.05, 3.63) is 10.0 Å². The third kappa shape index (κ3) is 2.26. The molecule has 0 radical (unpaired) electrons. The van der Waals surface area contributed by atoms with E-state index in [9.17, 15) is 0 Å². The lowest BCUT2D eigenvalue weighted by Crippen LogP contribution is -2.14. The quantitative estimate of drug-likeness (QED) is 0.900. The number of nitrogens with zero attached hydrogens (tertiary/aromatic N) is 2. The summed E-state index contributed by atoms with van der Waals surface area (Å²) in [5.74, 6) is 1.26. The van der Waals surface area contributed by atoms with Gasteiger partial charge in [-0.05, 0) is 39.0 Å². The topological polar surface area (TPSA) is 37.8 Å². The summed E-state index contributed by atoms with van der Waals surface area (Å²) in [6.45, 7) is 4.48. The Morgan fingerprint density at radius 3 is 2.88 bits per heavy atom. The Bertz CT molecular complexity index is 341. The van der Waals surface area contributed by atoms with Crippen LogP contribution in [0.25, 0.3) is 0 Å². The van der Waals surface area contributed by atoms with Crippen molar-refractivity contribution in [3.63, 3.8) is 0 Å². The first-order valence-corrected chi connectivity index (χ1v) is 7.65. The van der Waals surface area contributed by atoms with Gasteiger partial charge in [0.15, 0.2) is 0 Å². The molecule has 0 aromatic carbocycles. The van der Waals surface area contributed by atoms with E-state index in [1.165, 1.54) is 23.6 Å². The van der Waals surface area contributed by atoms with Gasteiger partial charge in [0.25, 0.3) is 0 Å². The zero-order chi connectivity index (χ0) is 11.6. The van der Waals surface area contributed by atoms with Crippen LogP contribution in [0.5, 0.6) is 0 Å². The number of hydrogen-bond acceptors (Lipinski definition) is 5. The lowest BCUT2D eigenvalue weighted by Gasteiger charge is -2.18. The molecular formula is C11H19N3S2. The Labute approximate surface area is 105 Å². The van der Waals surface area contributed by atoms with Crippen LogP contribution in [0, 0.1) is 0 Å².